The van der Waals surface area contributed by atoms with E-state index in [0.717, 1.165) is 24.0 Å². The van der Waals surface area contributed by atoms with Crippen LogP contribution in [0.25, 0.3) is 0 Å². The van der Waals surface area contributed by atoms with E-state index in [0.29, 0.717) is 31.4 Å². The van der Waals surface area contributed by atoms with Gasteiger partial charge in [-0.05, 0) is 55.0 Å². The Balaban J connectivity index is 1.37. The summed E-state index contributed by atoms with van der Waals surface area (Å²) in [7, 11) is 0. The average molecular weight is 379 g/mol. The average Bonchev–Trinajstić information content (AvgIpc) is 3.53. The third kappa shape index (κ3) is 3.81. The molecule has 1 aliphatic carbocycles. The molecule has 0 unspecified atom stereocenters. The van der Waals surface area contributed by atoms with Gasteiger partial charge in [-0.25, -0.2) is 4.39 Å². The number of hydrogen-bond acceptors (Lipinski definition) is 5. The lowest BCUT2D eigenvalue weighted by Gasteiger charge is -2.40. The smallest absolute Gasteiger partial charge is 0.227 e. The van der Waals surface area contributed by atoms with E-state index >= 15 is 0 Å². The molecule has 7 heteroatoms. The summed E-state index contributed by atoms with van der Waals surface area (Å²) in [5, 5.41) is 16.8. The Morgan fingerprint density at radius 3 is 2.68 bits per heavy atom. The van der Waals surface area contributed by atoms with Crippen molar-refractivity contribution in [1.29, 1.82) is 5.26 Å². The zero-order valence-electron chi connectivity index (χ0n) is 15.8. The second-order valence-electron chi connectivity index (χ2n) is 7.58. The van der Waals surface area contributed by atoms with Crippen LogP contribution in [-0.2, 0) is 11.2 Å². The molecule has 0 spiro atoms. The molecule has 1 aromatic heterocycles. The highest BCUT2D eigenvalue weighted by Crippen LogP contribution is 2.41. The number of hydrogen-bond donors (Lipinski definition) is 0. The fourth-order valence-corrected chi connectivity index (χ4v) is 3.75. The van der Waals surface area contributed by atoms with E-state index in [2.05, 4.69) is 15.1 Å². The highest BCUT2D eigenvalue weighted by Gasteiger charge is 2.29. The Hall–Kier alpha value is -3.01. The Morgan fingerprint density at radius 1 is 1.25 bits per heavy atom. The summed E-state index contributed by atoms with van der Waals surface area (Å²) in [5.41, 5.74) is 1.78. The van der Waals surface area contributed by atoms with Crippen LogP contribution in [0.5, 0.6) is 0 Å². The predicted octanol–water partition coefficient (Wildman–Crippen LogP) is 2.64. The maximum absolute atomic E-state index is 14.2. The summed E-state index contributed by atoms with van der Waals surface area (Å²) in [5.74, 6) is 0.890. The molecular formula is C21H22FN5O. The highest BCUT2D eigenvalue weighted by atomic mass is 19.1. The van der Waals surface area contributed by atoms with Gasteiger partial charge in [0.1, 0.15) is 11.9 Å². The predicted molar refractivity (Wildman–Crippen MR) is 102 cm³/mol. The van der Waals surface area contributed by atoms with Gasteiger partial charge in [0, 0.05) is 25.7 Å². The number of rotatable bonds is 4. The van der Waals surface area contributed by atoms with Crippen molar-refractivity contribution in [3.63, 3.8) is 0 Å². The molecule has 1 amide bonds. The zero-order valence-corrected chi connectivity index (χ0v) is 15.8. The number of nitrogens with zero attached hydrogens (tertiary/aromatic N) is 5. The molecule has 6 nitrogen and oxygen atoms in total. The summed E-state index contributed by atoms with van der Waals surface area (Å²) >= 11 is 0. The third-order valence-electron chi connectivity index (χ3n) is 5.48. The molecule has 0 radical (unpaired) electrons. The molecule has 2 heterocycles. The lowest BCUT2D eigenvalue weighted by Crippen LogP contribution is -2.54. The van der Waals surface area contributed by atoms with Crippen LogP contribution in [0.2, 0.25) is 0 Å². The van der Waals surface area contributed by atoms with Crippen LogP contribution in [0.1, 0.15) is 42.5 Å². The lowest BCUT2D eigenvalue weighted by atomic mass is 10.0. The summed E-state index contributed by atoms with van der Waals surface area (Å²) in [4.78, 5) is 16.6. The van der Waals surface area contributed by atoms with Gasteiger partial charge < -0.3 is 9.80 Å². The molecule has 4 rings (SSSR count). The highest BCUT2D eigenvalue weighted by molar-refractivity contribution is 5.79. The van der Waals surface area contributed by atoms with Crippen molar-refractivity contribution in [3.05, 3.63) is 53.0 Å². The molecule has 144 valence electrons. The van der Waals surface area contributed by atoms with Crippen molar-refractivity contribution in [2.24, 2.45) is 0 Å². The maximum atomic E-state index is 14.2. The number of amides is 1. The molecular weight excluding hydrogens is 357 g/mol. The Bertz CT molecular complexity index is 919. The second-order valence-corrected chi connectivity index (χ2v) is 7.58. The Morgan fingerprint density at radius 2 is 2.07 bits per heavy atom. The SMILES string of the molecule is C[C@H]1CN(C(=O)Cc2ccc(C3CC3)c(F)c2)CCN1c1ccc(C#N)nn1. The lowest BCUT2D eigenvalue weighted by molar-refractivity contribution is -0.131. The van der Waals surface area contributed by atoms with E-state index in [1.54, 1.807) is 12.1 Å². The first-order valence-corrected chi connectivity index (χ1v) is 9.61. The number of halogens is 1. The van der Waals surface area contributed by atoms with Crippen LogP contribution in [0.4, 0.5) is 10.2 Å². The normalized spacial score (nSPS) is 19.4. The Labute approximate surface area is 163 Å². The van der Waals surface area contributed by atoms with Gasteiger partial charge in [-0.3, -0.25) is 4.79 Å². The first-order chi connectivity index (χ1) is 13.5. The van der Waals surface area contributed by atoms with Crippen LogP contribution >= 0.6 is 0 Å². The van der Waals surface area contributed by atoms with Crippen molar-refractivity contribution < 1.29 is 9.18 Å². The van der Waals surface area contributed by atoms with Crippen LogP contribution in [0.15, 0.2) is 30.3 Å². The maximum Gasteiger partial charge on any atom is 0.227 e. The quantitative estimate of drug-likeness (QED) is 0.817. The van der Waals surface area contributed by atoms with E-state index in [9.17, 15) is 9.18 Å². The molecule has 1 atom stereocenters. The number of carbonyl (C=O) groups is 1. The molecule has 1 aromatic carbocycles. The number of aromatic nitrogens is 2. The van der Waals surface area contributed by atoms with Crippen molar-refractivity contribution in [2.45, 2.75) is 38.1 Å². The molecule has 0 N–H and O–H groups in total. The molecule has 28 heavy (non-hydrogen) atoms. The monoisotopic (exact) mass is 379 g/mol. The second kappa shape index (κ2) is 7.55. The van der Waals surface area contributed by atoms with Gasteiger partial charge in [0.25, 0.3) is 0 Å². The van der Waals surface area contributed by atoms with Gasteiger partial charge in [-0.2, -0.15) is 5.26 Å². The van der Waals surface area contributed by atoms with Crippen molar-refractivity contribution in [2.75, 3.05) is 24.5 Å². The van der Waals surface area contributed by atoms with E-state index in [1.165, 1.54) is 6.07 Å². The van der Waals surface area contributed by atoms with Crippen molar-refractivity contribution >= 4 is 11.7 Å². The van der Waals surface area contributed by atoms with E-state index < -0.39 is 0 Å². The van der Waals surface area contributed by atoms with Gasteiger partial charge in [-0.1, -0.05) is 12.1 Å². The minimum Gasteiger partial charge on any atom is -0.349 e. The number of anilines is 1. The van der Waals surface area contributed by atoms with Gasteiger partial charge in [0.05, 0.1) is 6.42 Å². The van der Waals surface area contributed by atoms with Gasteiger partial charge in [0.2, 0.25) is 5.91 Å². The summed E-state index contributed by atoms with van der Waals surface area (Å²) in [6.07, 6.45) is 2.33. The molecule has 2 aliphatic rings. The van der Waals surface area contributed by atoms with E-state index in [1.807, 2.05) is 30.0 Å². The molecule has 1 saturated heterocycles. The molecule has 2 fully saturated rings. The minimum absolute atomic E-state index is 0.0102. The topological polar surface area (TPSA) is 73.1 Å². The molecule has 1 aliphatic heterocycles. The molecule has 2 aromatic rings. The standard InChI is InChI=1S/C21H22FN5O/c1-14-13-26(8-9-27(14)20-7-5-17(12-23)24-25-20)21(28)11-15-2-6-18(16-3-4-16)19(22)10-15/h2,5-7,10,14,16H,3-4,8-9,11,13H2,1H3/t14-/m0/s1. The fourth-order valence-electron chi connectivity index (χ4n) is 3.75. The third-order valence-corrected chi connectivity index (χ3v) is 5.48. The number of piperazine rings is 1. The first kappa shape index (κ1) is 18.4. The summed E-state index contributed by atoms with van der Waals surface area (Å²) < 4.78 is 14.2. The molecule has 1 saturated carbocycles. The van der Waals surface area contributed by atoms with E-state index in [4.69, 9.17) is 5.26 Å². The summed E-state index contributed by atoms with van der Waals surface area (Å²) in [6.45, 7) is 3.82. The van der Waals surface area contributed by atoms with E-state index in [-0.39, 0.29) is 29.9 Å². The van der Waals surface area contributed by atoms with Crippen molar-refractivity contribution in [1.82, 2.24) is 15.1 Å². The number of benzene rings is 1. The van der Waals surface area contributed by atoms with Gasteiger partial charge >= 0.3 is 0 Å². The minimum atomic E-state index is -0.189. The largest absolute Gasteiger partial charge is 0.349 e. The number of carbonyl (C=O) groups excluding carboxylic acids is 1. The van der Waals surface area contributed by atoms with Crippen LogP contribution < -0.4 is 4.90 Å². The van der Waals surface area contributed by atoms with Crippen molar-refractivity contribution in [3.8, 4) is 6.07 Å². The van der Waals surface area contributed by atoms with Crippen LogP contribution in [0, 0.1) is 17.1 Å². The first-order valence-electron chi connectivity index (χ1n) is 9.61. The number of nitriles is 1. The fraction of sp³-hybridized carbons (Fsp3) is 0.429. The molecule has 0 bridgehead atoms. The Kier molecular flexibility index (Phi) is 4.95. The van der Waals surface area contributed by atoms with Gasteiger partial charge in [-0.15, -0.1) is 10.2 Å². The van der Waals surface area contributed by atoms with Crippen LogP contribution in [0.3, 0.4) is 0 Å². The zero-order chi connectivity index (χ0) is 19.7. The van der Waals surface area contributed by atoms with Crippen LogP contribution in [-0.4, -0.2) is 46.7 Å². The van der Waals surface area contributed by atoms with Gasteiger partial charge in [0.15, 0.2) is 11.5 Å². The summed E-state index contributed by atoms with van der Waals surface area (Å²) in [6, 6.07) is 10.7.